The number of aromatic nitrogens is 1. The van der Waals surface area contributed by atoms with Crippen LogP contribution in [0, 0.1) is 6.92 Å². The number of piperazine rings is 1. The van der Waals surface area contributed by atoms with Gasteiger partial charge in [-0.15, -0.1) is 0 Å². The highest BCUT2D eigenvalue weighted by molar-refractivity contribution is 5.58. The van der Waals surface area contributed by atoms with Crippen LogP contribution in [0.3, 0.4) is 0 Å². The maximum atomic E-state index is 5.43. The number of aryl methyl sites for hydroxylation is 1. The predicted molar refractivity (Wildman–Crippen MR) is 76.0 cm³/mol. The summed E-state index contributed by atoms with van der Waals surface area (Å²) >= 11 is 0. The van der Waals surface area contributed by atoms with Crippen molar-refractivity contribution in [3.63, 3.8) is 0 Å². The minimum absolute atomic E-state index is 0.753. The Hall–Kier alpha value is -1.33. The first-order valence-electron chi connectivity index (χ1n) is 6.98. The van der Waals surface area contributed by atoms with E-state index in [1.54, 1.807) is 7.11 Å². The molecule has 1 aromatic heterocycles. The Morgan fingerprint density at radius 2 is 2.00 bits per heavy atom. The molecule has 0 radical (unpaired) electrons. The quantitative estimate of drug-likeness (QED) is 0.858. The minimum atomic E-state index is 0.753. The van der Waals surface area contributed by atoms with Gasteiger partial charge in [-0.2, -0.15) is 0 Å². The average Bonchev–Trinajstić information content (AvgIpc) is 2.37. The molecule has 1 N–H and O–H groups in total. The fraction of sp³-hybridized carbons (Fsp3) is 0.643. The van der Waals surface area contributed by atoms with Gasteiger partial charge >= 0.3 is 0 Å². The lowest BCUT2D eigenvalue weighted by atomic mass is 10.1. The molecular weight excluding hydrogens is 240 g/mol. The van der Waals surface area contributed by atoms with Gasteiger partial charge < -0.3 is 15.0 Å². The molecule has 2 fully saturated rings. The molecule has 1 aromatic rings. The fourth-order valence-electron chi connectivity index (χ4n) is 2.80. The first-order valence-corrected chi connectivity index (χ1v) is 6.98. The van der Waals surface area contributed by atoms with Gasteiger partial charge in [-0.1, -0.05) is 0 Å². The van der Waals surface area contributed by atoms with Crippen LogP contribution < -0.4 is 15.0 Å². The molecule has 2 aliphatic rings. The minimum Gasteiger partial charge on any atom is -0.493 e. The molecule has 2 aliphatic heterocycles. The normalized spacial score (nSPS) is 21.3. The lowest BCUT2D eigenvalue weighted by Crippen LogP contribution is -2.61. The van der Waals surface area contributed by atoms with E-state index in [1.807, 2.05) is 13.1 Å². The zero-order valence-corrected chi connectivity index (χ0v) is 11.7. The third-order valence-electron chi connectivity index (χ3n) is 4.13. The third-order valence-corrected chi connectivity index (χ3v) is 4.13. The van der Waals surface area contributed by atoms with Crippen molar-refractivity contribution in [3.8, 4) is 5.75 Å². The molecule has 2 saturated heterocycles. The van der Waals surface area contributed by atoms with E-state index in [9.17, 15) is 0 Å². The highest BCUT2D eigenvalue weighted by Crippen LogP contribution is 2.29. The van der Waals surface area contributed by atoms with Gasteiger partial charge in [-0.3, -0.25) is 9.88 Å². The lowest BCUT2D eigenvalue weighted by molar-refractivity contribution is 0.138. The molecule has 0 aromatic carbocycles. The van der Waals surface area contributed by atoms with Crippen LogP contribution in [0.4, 0.5) is 5.69 Å². The topological polar surface area (TPSA) is 40.6 Å². The summed E-state index contributed by atoms with van der Waals surface area (Å²) in [5.74, 6) is 0.879. The van der Waals surface area contributed by atoms with Crippen molar-refractivity contribution in [1.82, 2.24) is 15.2 Å². The Morgan fingerprint density at radius 1 is 1.26 bits per heavy atom. The van der Waals surface area contributed by atoms with Crippen molar-refractivity contribution < 1.29 is 4.74 Å². The zero-order chi connectivity index (χ0) is 13.2. The molecule has 0 amide bonds. The van der Waals surface area contributed by atoms with Gasteiger partial charge in [0.05, 0.1) is 19.0 Å². The van der Waals surface area contributed by atoms with Crippen LogP contribution in [0.2, 0.25) is 0 Å². The van der Waals surface area contributed by atoms with Gasteiger partial charge in [0.1, 0.15) is 0 Å². The maximum absolute atomic E-state index is 5.43. The molecule has 0 saturated carbocycles. The van der Waals surface area contributed by atoms with Crippen molar-refractivity contribution in [3.05, 3.63) is 18.0 Å². The van der Waals surface area contributed by atoms with Gasteiger partial charge in [0, 0.05) is 51.0 Å². The number of nitrogens with zero attached hydrogens (tertiary/aromatic N) is 3. The summed E-state index contributed by atoms with van der Waals surface area (Å²) in [6.45, 7) is 8.73. The molecular formula is C14H22N4O. The maximum Gasteiger partial charge on any atom is 0.160 e. The number of nitrogens with one attached hydrogen (secondary N) is 1. The van der Waals surface area contributed by atoms with E-state index in [0.717, 1.165) is 56.8 Å². The predicted octanol–water partition coefficient (Wildman–Crippen LogP) is 0.492. The van der Waals surface area contributed by atoms with E-state index >= 15 is 0 Å². The van der Waals surface area contributed by atoms with E-state index in [2.05, 4.69) is 26.2 Å². The molecule has 5 heteroatoms. The van der Waals surface area contributed by atoms with Crippen molar-refractivity contribution in [2.24, 2.45) is 0 Å². The van der Waals surface area contributed by atoms with E-state index in [-0.39, 0.29) is 0 Å². The van der Waals surface area contributed by atoms with Crippen molar-refractivity contribution in [1.29, 1.82) is 0 Å². The van der Waals surface area contributed by atoms with Crippen LogP contribution in [-0.4, -0.2) is 62.3 Å². The molecule has 3 heterocycles. The number of ether oxygens (including phenoxy) is 1. The highest BCUT2D eigenvalue weighted by atomic mass is 16.5. The summed E-state index contributed by atoms with van der Waals surface area (Å²) in [5, 5.41) is 3.34. The summed E-state index contributed by atoms with van der Waals surface area (Å²) in [4.78, 5) is 9.30. The van der Waals surface area contributed by atoms with Crippen LogP contribution in [0.25, 0.3) is 0 Å². The van der Waals surface area contributed by atoms with E-state index in [4.69, 9.17) is 4.74 Å². The van der Waals surface area contributed by atoms with E-state index < -0.39 is 0 Å². The first-order chi connectivity index (χ1) is 9.28. The molecule has 0 bridgehead atoms. The average molecular weight is 262 g/mol. The number of rotatable bonds is 3. The molecule has 0 unspecified atom stereocenters. The summed E-state index contributed by atoms with van der Waals surface area (Å²) in [6.07, 6.45) is 1.83. The van der Waals surface area contributed by atoms with E-state index in [1.165, 1.54) is 5.69 Å². The summed E-state index contributed by atoms with van der Waals surface area (Å²) in [5.41, 5.74) is 2.22. The molecule has 0 spiro atoms. The Bertz CT molecular complexity index is 439. The summed E-state index contributed by atoms with van der Waals surface area (Å²) < 4.78 is 5.43. The van der Waals surface area contributed by atoms with Crippen LogP contribution in [0.1, 0.15) is 5.69 Å². The second-order valence-corrected chi connectivity index (χ2v) is 5.33. The number of hydrogen-bond acceptors (Lipinski definition) is 5. The van der Waals surface area contributed by atoms with Gasteiger partial charge in [0.2, 0.25) is 0 Å². The zero-order valence-electron chi connectivity index (χ0n) is 11.7. The molecule has 3 rings (SSSR count). The van der Waals surface area contributed by atoms with Crippen LogP contribution in [0.15, 0.2) is 12.3 Å². The number of hydrogen-bond donors (Lipinski definition) is 1. The van der Waals surface area contributed by atoms with E-state index in [0.29, 0.717) is 0 Å². The summed E-state index contributed by atoms with van der Waals surface area (Å²) in [6, 6.07) is 2.88. The second kappa shape index (κ2) is 5.35. The third kappa shape index (κ3) is 2.53. The van der Waals surface area contributed by atoms with Gasteiger partial charge in [0.15, 0.2) is 5.75 Å². The largest absolute Gasteiger partial charge is 0.493 e. The Kier molecular flexibility index (Phi) is 3.57. The lowest BCUT2D eigenvalue weighted by Gasteiger charge is -2.44. The van der Waals surface area contributed by atoms with Crippen LogP contribution >= 0.6 is 0 Å². The fourth-order valence-corrected chi connectivity index (χ4v) is 2.80. The molecule has 0 atom stereocenters. The van der Waals surface area contributed by atoms with Crippen LogP contribution in [-0.2, 0) is 0 Å². The molecule has 104 valence electrons. The molecule has 5 nitrogen and oxygen atoms in total. The summed E-state index contributed by atoms with van der Waals surface area (Å²) in [7, 11) is 1.71. The number of methoxy groups -OCH3 is 1. The monoisotopic (exact) mass is 262 g/mol. The van der Waals surface area contributed by atoms with Crippen LogP contribution in [0.5, 0.6) is 5.75 Å². The highest BCUT2D eigenvalue weighted by Gasteiger charge is 2.28. The van der Waals surface area contributed by atoms with Gasteiger partial charge in [-0.05, 0) is 13.0 Å². The Balaban J connectivity index is 1.68. The first kappa shape index (κ1) is 12.7. The molecule has 0 aliphatic carbocycles. The van der Waals surface area contributed by atoms with Crippen molar-refractivity contribution in [2.45, 2.75) is 13.0 Å². The standard InChI is InChI=1S/C14H22N4O/c1-11-7-13(14(19-2)10-16-11)18-5-3-17(4-6-18)12-8-15-9-12/h7,10,12,15H,3-6,8-9H2,1-2H3. The molecule has 19 heavy (non-hydrogen) atoms. The van der Waals surface area contributed by atoms with Crippen molar-refractivity contribution in [2.75, 3.05) is 51.3 Å². The second-order valence-electron chi connectivity index (χ2n) is 5.33. The smallest absolute Gasteiger partial charge is 0.160 e. The SMILES string of the molecule is COc1cnc(C)cc1N1CCN(C2CNC2)CC1. The van der Waals surface area contributed by atoms with Gasteiger partial charge in [0.25, 0.3) is 0 Å². The number of anilines is 1. The Labute approximate surface area is 114 Å². The van der Waals surface area contributed by atoms with Crippen molar-refractivity contribution >= 4 is 5.69 Å². The Morgan fingerprint density at radius 3 is 2.58 bits per heavy atom. The van der Waals surface area contributed by atoms with Gasteiger partial charge in [-0.25, -0.2) is 0 Å². The number of pyridine rings is 1.